The van der Waals surface area contributed by atoms with Crippen LogP contribution in [-0.2, 0) is 0 Å². The quantitative estimate of drug-likeness (QED) is 0.203. The molecule has 5 aromatic carbocycles. The van der Waals surface area contributed by atoms with Crippen molar-refractivity contribution < 1.29 is 0 Å². The Morgan fingerprint density at radius 2 is 1.31 bits per heavy atom. The van der Waals surface area contributed by atoms with Gasteiger partial charge in [-0.05, 0) is 102 Å². The molecule has 0 radical (unpaired) electrons. The molecule has 0 amide bonds. The van der Waals surface area contributed by atoms with Crippen molar-refractivity contribution in [1.29, 1.82) is 0 Å². The predicted octanol–water partition coefficient (Wildman–Crippen LogP) is 11.6. The zero-order chi connectivity index (χ0) is 29.1. The summed E-state index contributed by atoms with van der Waals surface area (Å²) in [6.45, 7) is 13.7. The topological polar surface area (TPSA) is 17.8 Å². The molecule has 0 saturated carbocycles. The standard InChI is InChI=1S/C39H36N2S/c1-23(2)31-21-28(27-13-8-7-9-14-27)22-32(24(3)4)37(31)41-35-18-11-10-17-34(35)40-39(41)30-16-12-15-29-33-19-25(5)26(6)20-36(33)42-38(29)30/h7-24H,1-6H3. The Balaban J connectivity index is 1.59. The highest BCUT2D eigenvalue weighted by molar-refractivity contribution is 7.26. The summed E-state index contributed by atoms with van der Waals surface area (Å²) < 4.78 is 5.10. The van der Waals surface area contributed by atoms with Gasteiger partial charge in [-0.15, -0.1) is 11.3 Å². The van der Waals surface area contributed by atoms with Gasteiger partial charge in [-0.3, -0.25) is 4.57 Å². The van der Waals surface area contributed by atoms with E-state index in [2.05, 4.69) is 143 Å². The fourth-order valence-corrected chi connectivity index (χ4v) is 7.57. The van der Waals surface area contributed by atoms with Crippen molar-refractivity contribution in [3.63, 3.8) is 0 Å². The van der Waals surface area contributed by atoms with E-state index in [1.807, 2.05) is 11.3 Å². The molecule has 0 fully saturated rings. The first-order valence-corrected chi connectivity index (χ1v) is 15.8. The van der Waals surface area contributed by atoms with Gasteiger partial charge in [0.05, 0.1) is 16.7 Å². The van der Waals surface area contributed by atoms with Crippen molar-refractivity contribution in [3.05, 3.63) is 119 Å². The number of imidazole rings is 1. The minimum absolute atomic E-state index is 0.334. The lowest BCUT2D eigenvalue weighted by atomic mass is 9.88. The molecule has 2 aromatic heterocycles. The lowest BCUT2D eigenvalue weighted by Crippen LogP contribution is -2.09. The molecule has 0 aliphatic rings. The number of hydrogen-bond acceptors (Lipinski definition) is 2. The van der Waals surface area contributed by atoms with Crippen LogP contribution in [0.5, 0.6) is 0 Å². The van der Waals surface area contributed by atoms with E-state index < -0.39 is 0 Å². The van der Waals surface area contributed by atoms with Crippen LogP contribution in [0, 0.1) is 13.8 Å². The van der Waals surface area contributed by atoms with E-state index in [0.29, 0.717) is 11.8 Å². The minimum Gasteiger partial charge on any atom is -0.292 e. The summed E-state index contributed by atoms with van der Waals surface area (Å²) in [6.07, 6.45) is 0. The molecular weight excluding hydrogens is 529 g/mol. The van der Waals surface area contributed by atoms with Gasteiger partial charge in [0.25, 0.3) is 0 Å². The average molecular weight is 565 g/mol. The minimum atomic E-state index is 0.334. The summed E-state index contributed by atoms with van der Waals surface area (Å²) in [5.41, 5.74) is 12.5. The summed E-state index contributed by atoms with van der Waals surface area (Å²) in [5.74, 6) is 1.68. The van der Waals surface area contributed by atoms with Crippen LogP contribution in [0.2, 0.25) is 0 Å². The number of aryl methyl sites for hydroxylation is 2. The Kier molecular flexibility index (Phi) is 6.51. The second-order valence-electron chi connectivity index (χ2n) is 12.2. The van der Waals surface area contributed by atoms with Gasteiger partial charge in [-0.25, -0.2) is 4.98 Å². The Morgan fingerprint density at radius 3 is 2.02 bits per heavy atom. The van der Waals surface area contributed by atoms with Crippen LogP contribution < -0.4 is 0 Å². The number of hydrogen-bond donors (Lipinski definition) is 0. The number of aromatic nitrogens is 2. The van der Waals surface area contributed by atoms with Crippen molar-refractivity contribution in [2.75, 3.05) is 0 Å². The number of benzene rings is 5. The van der Waals surface area contributed by atoms with Crippen LogP contribution in [0.3, 0.4) is 0 Å². The maximum Gasteiger partial charge on any atom is 0.147 e. The molecule has 0 N–H and O–H groups in total. The second kappa shape index (κ2) is 10.3. The smallest absolute Gasteiger partial charge is 0.147 e. The van der Waals surface area contributed by atoms with Crippen molar-refractivity contribution in [2.45, 2.75) is 53.4 Å². The van der Waals surface area contributed by atoms with Gasteiger partial charge in [0.2, 0.25) is 0 Å². The largest absolute Gasteiger partial charge is 0.292 e. The van der Waals surface area contributed by atoms with E-state index >= 15 is 0 Å². The van der Waals surface area contributed by atoms with Crippen molar-refractivity contribution in [2.24, 2.45) is 0 Å². The molecule has 0 aliphatic heterocycles. The van der Waals surface area contributed by atoms with Gasteiger partial charge in [-0.1, -0.05) is 82.3 Å². The second-order valence-corrected chi connectivity index (χ2v) is 13.2. The van der Waals surface area contributed by atoms with Crippen molar-refractivity contribution in [3.8, 4) is 28.2 Å². The maximum absolute atomic E-state index is 5.37. The molecule has 2 heterocycles. The van der Waals surface area contributed by atoms with Gasteiger partial charge in [-0.2, -0.15) is 0 Å². The van der Waals surface area contributed by atoms with Crippen LogP contribution in [0.25, 0.3) is 59.4 Å². The molecule has 208 valence electrons. The first-order valence-electron chi connectivity index (χ1n) is 15.0. The predicted molar refractivity (Wildman–Crippen MR) is 182 cm³/mol. The van der Waals surface area contributed by atoms with Crippen LogP contribution in [-0.4, -0.2) is 9.55 Å². The van der Waals surface area contributed by atoms with Crippen LogP contribution in [0.4, 0.5) is 0 Å². The number of rotatable bonds is 5. The van der Waals surface area contributed by atoms with E-state index in [9.17, 15) is 0 Å². The zero-order valence-electron chi connectivity index (χ0n) is 25.2. The first-order chi connectivity index (χ1) is 20.3. The highest BCUT2D eigenvalue weighted by Crippen LogP contribution is 2.44. The molecule has 2 nitrogen and oxygen atoms in total. The Labute approximate surface area is 252 Å². The lowest BCUT2D eigenvalue weighted by Gasteiger charge is -2.24. The zero-order valence-corrected chi connectivity index (χ0v) is 26.0. The molecule has 3 heteroatoms. The molecule has 7 rings (SSSR count). The van der Waals surface area contributed by atoms with Gasteiger partial charge in [0.1, 0.15) is 5.82 Å². The number of thiophene rings is 1. The third-order valence-corrected chi connectivity index (χ3v) is 9.86. The summed E-state index contributed by atoms with van der Waals surface area (Å²) >= 11 is 1.89. The summed E-state index contributed by atoms with van der Waals surface area (Å²) in [4.78, 5) is 5.37. The molecule has 7 aromatic rings. The summed E-state index contributed by atoms with van der Waals surface area (Å²) in [5, 5.41) is 2.64. The van der Waals surface area contributed by atoms with E-state index in [-0.39, 0.29) is 0 Å². The normalized spacial score (nSPS) is 12.0. The monoisotopic (exact) mass is 564 g/mol. The van der Waals surface area contributed by atoms with E-state index in [4.69, 9.17) is 4.98 Å². The van der Waals surface area contributed by atoms with E-state index in [1.54, 1.807) is 0 Å². The van der Waals surface area contributed by atoms with Crippen LogP contribution in [0.15, 0.2) is 97.1 Å². The van der Waals surface area contributed by atoms with Crippen molar-refractivity contribution in [1.82, 2.24) is 9.55 Å². The number of para-hydroxylation sites is 2. The molecule has 42 heavy (non-hydrogen) atoms. The molecule has 0 unspecified atom stereocenters. The Morgan fingerprint density at radius 1 is 0.643 bits per heavy atom. The molecule has 0 saturated heterocycles. The fourth-order valence-electron chi connectivity index (χ4n) is 6.28. The molecule has 0 spiro atoms. The Bertz CT molecular complexity index is 2080. The SMILES string of the molecule is Cc1cc2sc3c(-c4nc5ccccc5n4-c4c(C(C)C)cc(-c5ccccc5)cc4C(C)C)cccc3c2cc1C. The summed E-state index contributed by atoms with van der Waals surface area (Å²) in [6, 6.07) is 35.6. The van der Waals surface area contributed by atoms with Gasteiger partial charge in [0.15, 0.2) is 0 Å². The molecular formula is C39H36N2S. The molecule has 0 bridgehead atoms. The Hall–Kier alpha value is -4.21. The average Bonchev–Trinajstić information content (AvgIpc) is 3.55. The van der Waals surface area contributed by atoms with Gasteiger partial charge in [0, 0.05) is 25.7 Å². The van der Waals surface area contributed by atoms with Crippen LogP contribution in [0.1, 0.15) is 61.8 Å². The first kappa shape index (κ1) is 26.7. The fraction of sp³-hybridized carbons (Fsp3) is 0.205. The lowest BCUT2D eigenvalue weighted by molar-refractivity contribution is 0.812. The number of nitrogens with zero attached hydrogens (tertiary/aromatic N) is 2. The number of fused-ring (bicyclic) bond motifs is 4. The van der Waals surface area contributed by atoms with Crippen LogP contribution >= 0.6 is 11.3 Å². The van der Waals surface area contributed by atoms with Gasteiger partial charge < -0.3 is 0 Å². The molecule has 0 aliphatic carbocycles. The van der Waals surface area contributed by atoms with E-state index in [0.717, 1.165) is 16.9 Å². The summed E-state index contributed by atoms with van der Waals surface area (Å²) in [7, 11) is 0. The maximum atomic E-state index is 5.37. The highest BCUT2D eigenvalue weighted by Gasteiger charge is 2.25. The van der Waals surface area contributed by atoms with E-state index in [1.165, 1.54) is 64.8 Å². The third-order valence-electron chi connectivity index (χ3n) is 8.66. The van der Waals surface area contributed by atoms with Gasteiger partial charge >= 0.3 is 0 Å². The molecule has 0 atom stereocenters. The van der Waals surface area contributed by atoms with Crippen molar-refractivity contribution >= 4 is 42.5 Å². The highest BCUT2D eigenvalue weighted by atomic mass is 32.1. The third kappa shape index (κ3) is 4.26.